The van der Waals surface area contributed by atoms with Gasteiger partial charge in [-0.15, -0.1) is 12.4 Å². The molecule has 0 aliphatic carbocycles. The predicted octanol–water partition coefficient (Wildman–Crippen LogP) is 3.89. The van der Waals surface area contributed by atoms with E-state index < -0.39 is 0 Å². The lowest BCUT2D eigenvalue weighted by molar-refractivity contribution is -0.132. The normalized spacial score (nSPS) is 15.2. The van der Waals surface area contributed by atoms with Crippen LogP contribution in [0.3, 0.4) is 0 Å². The summed E-state index contributed by atoms with van der Waals surface area (Å²) in [5.74, 6) is 0.949. The van der Waals surface area contributed by atoms with Crippen LogP contribution in [0.2, 0.25) is 5.02 Å². The molecule has 1 aromatic rings. The predicted molar refractivity (Wildman–Crippen MR) is 94.6 cm³/mol. The molecule has 1 aliphatic heterocycles. The summed E-state index contributed by atoms with van der Waals surface area (Å²) in [5, 5.41) is 4.10. The molecule has 1 N–H and O–H groups in total. The molecule has 1 aromatic carbocycles. The molecule has 1 fully saturated rings. The second kappa shape index (κ2) is 10.1. The van der Waals surface area contributed by atoms with E-state index in [9.17, 15) is 4.79 Å². The zero-order valence-corrected chi connectivity index (χ0v) is 14.8. The van der Waals surface area contributed by atoms with Crippen molar-refractivity contribution in [1.82, 2.24) is 10.2 Å². The number of nitrogens with one attached hydrogen (secondary N) is 1. The van der Waals surface area contributed by atoms with Crippen LogP contribution in [0.5, 0.6) is 0 Å². The minimum absolute atomic E-state index is 0. The van der Waals surface area contributed by atoms with Gasteiger partial charge in [-0.1, -0.05) is 29.8 Å². The van der Waals surface area contributed by atoms with Gasteiger partial charge in [0.25, 0.3) is 0 Å². The first-order valence-corrected chi connectivity index (χ1v) is 8.30. The molecular weight excluding hydrogens is 319 g/mol. The van der Waals surface area contributed by atoms with Crippen molar-refractivity contribution in [1.29, 1.82) is 0 Å². The first kappa shape index (κ1) is 19.3. The van der Waals surface area contributed by atoms with Crippen LogP contribution in [0, 0.1) is 5.92 Å². The first-order valence-electron chi connectivity index (χ1n) is 7.92. The van der Waals surface area contributed by atoms with E-state index in [0.29, 0.717) is 18.9 Å². The monoisotopic (exact) mass is 344 g/mol. The van der Waals surface area contributed by atoms with E-state index in [-0.39, 0.29) is 18.3 Å². The van der Waals surface area contributed by atoms with Crippen LogP contribution in [-0.4, -0.2) is 30.4 Å². The van der Waals surface area contributed by atoms with E-state index in [1.807, 2.05) is 36.1 Å². The second-order valence-electron chi connectivity index (χ2n) is 5.73. The molecule has 1 aliphatic rings. The Hall–Kier alpha value is -0.770. The lowest BCUT2D eigenvalue weighted by atomic mass is 9.93. The lowest BCUT2D eigenvalue weighted by Gasteiger charge is -2.25. The van der Waals surface area contributed by atoms with Crippen LogP contribution in [-0.2, 0) is 11.3 Å². The highest BCUT2D eigenvalue weighted by Gasteiger charge is 2.18. The van der Waals surface area contributed by atoms with Gasteiger partial charge in [0.05, 0.1) is 0 Å². The maximum atomic E-state index is 12.4. The highest BCUT2D eigenvalue weighted by molar-refractivity contribution is 6.31. The van der Waals surface area contributed by atoms with Gasteiger partial charge < -0.3 is 10.2 Å². The van der Waals surface area contributed by atoms with Crippen molar-refractivity contribution in [3.8, 4) is 0 Å². The van der Waals surface area contributed by atoms with E-state index in [0.717, 1.165) is 36.6 Å². The molecule has 0 aromatic heterocycles. The van der Waals surface area contributed by atoms with Crippen LogP contribution < -0.4 is 5.32 Å². The summed E-state index contributed by atoms with van der Waals surface area (Å²) < 4.78 is 0. The highest BCUT2D eigenvalue weighted by Crippen LogP contribution is 2.20. The second-order valence-corrected chi connectivity index (χ2v) is 6.14. The molecular formula is C17H26Cl2N2O. The van der Waals surface area contributed by atoms with Gasteiger partial charge in [-0.3, -0.25) is 4.79 Å². The Labute approximate surface area is 144 Å². The summed E-state index contributed by atoms with van der Waals surface area (Å²) in [6, 6.07) is 7.75. The van der Waals surface area contributed by atoms with Crippen molar-refractivity contribution in [3.63, 3.8) is 0 Å². The van der Waals surface area contributed by atoms with E-state index >= 15 is 0 Å². The van der Waals surface area contributed by atoms with Crippen molar-refractivity contribution in [2.24, 2.45) is 5.92 Å². The Morgan fingerprint density at radius 1 is 1.32 bits per heavy atom. The van der Waals surface area contributed by atoms with Crippen molar-refractivity contribution >= 4 is 29.9 Å². The summed E-state index contributed by atoms with van der Waals surface area (Å²) in [7, 11) is 0. The van der Waals surface area contributed by atoms with Crippen LogP contribution in [0.1, 0.15) is 38.2 Å². The number of halogens is 2. The number of piperidine rings is 1. The summed E-state index contributed by atoms with van der Waals surface area (Å²) in [4.78, 5) is 14.3. The number of amides is 1. The summed E-state index contributed by atoms with van der Waals surface area (Å²) in [6.07, 6.45) is 4.07. The van der Waals surface area contributed by atoms with E-state index in [1.165, 1.54) is 12.8 Å². The zero-order chi connectivity index (χ0) is 15.1. The molecule has 0 atom stereocenters. The van der Waals surface area contributed by atoms with Gasteiger partial charge in [-0.05, 0) is 56.8 Å². The minimum atomic E-state index is 0. The summed E-state index contributed by atoms with van der Waals surface area (Å²) >= 11 is 6.18. The molecule has 0 bridgehead atoms. The van der Waals surface area contributed by atoms with Gasteiger partial charge in [-0.25, -0.2) is 0 Å². The summed E-state index contributed by atoms with van der Waals surface area (Å²) in [6.45, 7) is 5.56. The minimum Gasteiger partial charge on any atom is -0.339 e. The maximum Gasteiger partial charge on any atom is 0.222 e. The average molecular weight is 345 g/mol. The number of rotatable bonds is 6. The first-order chi connectivity index (χ1) is 10.2. The van der Waals surface area contributed by atoms with Gasteiger partial charge in [0.15, 0.2) is 0 Å². The summed E-state index contributed by atoms with van der Waals surface area (Å²) in [5.41, 5.74) is 1.02. The van der Waals surface area contributed by atoms with Gasteiger partial charge >= 0.3 is 0 Å². The Morgan fingerprint density at radius 3 is 2.64 bits per heavy atom. The van der Waals surface area contributed by atoms with Gasteiger partial charge in [0.2, 0.25) is 5.91 Å². The van der Waals surface area contributed by atoms with Crippen LogP contribution in [0.25, 0.3) is 0 Å². The maximum absolute atomic E-state index is 12.4. The molecule has 1 saturated heterocycles. The van der Waals surface area contributed by atoms with Crippen molar-refractivity contribution in [2.75, 3.05) is 19.6 Å². The zero-order valence-electron chi connectivity index (χ0n) is 13.2. The number of carbonyl (C=O) groups excluding carboxylic acids is 1. The number of nitrogens with zero attached hydrogens (tertiary/aromatic N) is 1. The van der Waals surface area contributed by atoms with Gasteiger partial charge in [-0.2, -0.15) is 0 Å². The molecule has 2 rings (SSSR count). The van der Waals surface area contributed by atoms with Gasteiger partial charge in [0.1, 0.15) is 0 Å². The van der Waals surface area contributed by atoms with E-state index in [4.69, 9.17) is 11.6 Å². The number of carbonyl (C=O) groups is 1. The quantitative estimate of drug-likeness (QED) is 0.848. The Balaban J connectivity index is 0.00000242. The average Bonchev–Trinajstić information content (AvgIpc) is 2.53. The fraction of sp³-hybridized carbons (Fsp3) is 0.588. The molecule has 0 unspecified atom stereocenters. The molecule has 22 heavy (non-hydrogen) atoms. The Morgan fingerprint density at radius 2 is 2.00 bits per heavy atom. The molecule has 1 amide bonds. The fourth-order valence-electron chi connectivity index (χ4n) is 2.86. The van der Waals surface area contributed by atoms with Crippen LogP contribution >= 0.6 is 24.0 Å². The Bertz CT molecular complexity index is 462. The van der Waals surface area contributed by atoms with Crippen LogP contribution in [0.15, 0.2) is 24.3 Å². The van der Waals surface area contributed by atoms with Crippen molar-refractivity contribution in [3.05, 3.63) is 34.9 Å². The molecule has 124 valence electrons. The van der Waals surface area contributed by atoms with E-state index in [1.54, 1.807) is 0 Å². The molecule has 1 heterocycles. The fourth-order valence-corrected chi connectivity index (χ4v) is 3.06. The lowest BCUT2D eigenvalue weighted by Crippen LogP contribution is -2.32. The molecule has 0 saturated carbocycles. The molecule has 0 radical (unpaired) electrons. The molecule has 0 spiro atoms. The number of hydrogen-bond acceptors (Lipinski definition) is 2. The smallest absolute Gasteiger partial charge is 0.222 e. The third-order valence-corrected chi connectivity index (χ3v) is 4.65. The SMILES string of the molecule is CCN(Cc1ccccc1Cl)C(=O)CCC1CCNCC1.Cl. The largest absolute Gasteiger partial charge is 0.339 e. The number of hydrogen-bond donors (Lipinski definition) is 1. The standard InChI is InChI=1S/C17H25ClN2O.ClH/c1-2-20(13-15-5-3-4-6-16(15)18)17(21)8-7-14-9-11-19-12-10-14;/h3-6,14,19H,2,7-13H2,1H3;1H. The van der Waals surface area contributed by atoms with Crippen LogP contribution in [0.4, 0.5) is 0 Å². The number of benzene rings is 1. The Kier molecular flexibility index (Phi) is 8.84. The van der Waals surface area contributed by atoms with E-state index in [2.05, 4.69) is 5.32 Å². The molecule has 3 nitrogen and oxygen atoms in total. The third kappa shape index (κ3) is 5.79. The van der Waals surface area contributed by atoms with Crippen molar-refractivity contribution < 1.29 is 4.79 Å². The molecule has 5 heteroatoms. The topological polar surface area (TPSA) is 32.3 Å². The van der Waals surface area contributed by atoms with Crippen molar-refractivity contribution in [2.45, 2.75) is 39.2 Å². The highest BCUT2D eigenvalue weighted by atomic mass is 35.5. The third-order valence-electron chi connectivity index (χ3n) is 4.28. The van der Waals surface area contributed by atoms with Gasteiger partial charge in [0, 0.05) is 24.5 Å².